The Labute approximate surface area is 143 Å². The fraction of sp³-hybridized carbons (Fsp3) is 0.429. The zero-order valence-corrected chi connectivity index (χ0v) is 14.1. The summed E-state index contributed by atoms with van der Waals surface area (Å²) in [5.41, 5.74) is 1.80. The Morgan fingerprint density at radius 2 is 1.88 bits per heavy atom. The summed E-state index contributed by atoms with van der Waals surface area (Å²) in [6.45, 7) is 2.01. The molecule has 0 spiro atoms. The van der Waals surface area contributed by atoms with Crippen LogP contribution in [0.2, 0.25) is 0 Å². The Balaban J connectivity index is 1.43. The van der Waals surface area contributed by atoms with Crippen molar-refractivity contribution in [1.82, 2.24) is 0 Å². The molecular weight excluding hydrogens is 298 g/mol. The van der Waals surface area contributed by atoms with Crippen LogP contribution in [0.25, 0.3) is 0 Å². The van der Waals surface area contributed by atoms with Crippen molar-refractivity contribution in [2.24, 2.45) is 11.8 Å². The predicted octanol–water partition coefficient (Wildman–Crippen LogP) is 3.32. The highest BCUT2D eigenvalue weighted by molar-refractivity contribution is 5.51. The second-order valence-electron chi connectivity index (χ2n) is 7.33. The predicted molar refractivity (Wildman–Crippen MR) is 95.4 cm³/mol. The number of ether oxygens (including phenoxy) is 1. The van der Waals surface area contributed by atoms with E-state index in [0.717, 1.165) is 43.8 Å². The van der Waals surface area contributed by atoms with Crippen molar-refractivity contribution in [2.45, 2.75) is 24.9 Å². The smallest absolute Gasteiger partial charge is 0.120 e. The Bertz CT molecular complexity index is 686. The van der Waals surface area contributed by atoms with Crippen molar-refractivity contribution >= 4 is 5.69 Å². The Morgan fingerprint density at radius 1 is 1.17 bits per heavy atom. The maximum Gasteiger partial charge on any atom is 0.120 e. The SMILES string of the molecule is COc1cc[c]c(N2C[C@@H]3C[C@@](O)(Cc4ccccc4)C[C@@H]3C2)c1. The van der Waals surface area contributed by atoms with Crippen molar-refractivity contribution in [3.8, 4) is 5.75 Å². The van der Waals surface area contributed by atoms with Crippen LogP contribution >= 0.6 is 0 Å². The highest BCUT2D eigenvalue weighted by Gasteiger charge is 2.48. The molecular formula is C21H24NO2. The van der Waals surface area contributed by atoms with Crippen LogP contribution in [0.3, 0.4) is 0 Å². The Hall–Kier alpha value is -2.00. The standard InChI is InChI=1S/C21H24NO2/c1-24-20-9-5-8-19(10-20)22-14-17-12-21(23,13-18(17)15-22)11-16-6-3-2-4-7-16/h2-7,9-10,17-18,23H,11-15H2,1H3/t17-,18+,21-. The van der Waals surface area contributed by atoms with Crippen molar-refractivity contribution in [1.29, 1.82) is 0 Å². The molecule has 2 aromatic carbocycles. The maximum atomic E-state index is 11.0. The van der Waals surface area contributed by atoms with Crippen LogP contribution in [0.15, 0.2) is 48.5 Å². The summed E-state index contributed by atoms with van der Waals surface area (Å²) in [6.07, 6.45) is 2.56. The molecule has 125 valence electrons. The third kappa shape index (κ3) is 3.01. The molecule has 1 saturated heterocycles. The lowest BCUT2D eigenvalue weighted by molar-refractivity contribution is 0.0405. The van der Waals surface area contributed by atoms with E-state index in [1.165, 1.54) is 5.56 Å². The van der Waals surface area contributed by atoms with Crippen LogP contribution in [-0.2, 0) is 6.42 Å². The van der Waals surface area contributed by atoms with Crippen LogP contribution in [0.4, 0.5) is 5.69 Å². The molecule has 0 unspecified atom stereocenters. The summed E-state index contributed by atoms with van der Waals surface area (Å²) < 4.78 is 5.32. The first kappa shape index (κ1) is 15.5. The summed E-state index contributed by atoms with van der Waals surface area (Å²) in [4.78, 5) is 2.39. The molecule has 2 aliphatic rings. The van der Waals surface area contributed by atoms with Gasteiger partial charge in [-0.1, -0.05) is 30.3 Å². The van der Waals surface area contributed by atoms with Gasteiger partial charge in [0.1, 0.15) is 5.75 Å². The maximum absolute atomic E-state index is 11.0. The van der Waals surface area contributed by atoms with Gasteiger partial charge in [-0.25, -0.2) is 0 Å². The van der Waals surface area contributed by atoms with Gasteiger partial charge in [0, 0.05) is 37.3 Å². The molecule has 3 nitrogen and oxygen atoms in total. The zero-order chi connectivity index (χ0) is 16.6. The van der Waals surface area contributed by atoms with Gasteiger partial charge in [0.05, 0.1) is 12.7 Å². The molecule has 2 fully saturated rings. The molecule has 4 rings (SSSR count). The number of hydrogen-bond donors (Lipinski definition) is 1. The van der Waals surface area contributed by atoms with Gasteiger partial charge in [0.15, 0.2) is 0 Å². The highest BCUT2D eigenvalue weighted by atomic mass is 16.5. The molecule has 0 aromatic heterocycles. The number of anilines is 1. The van der Waals surface area contributed by atoms with Gasteiger partial charge < -0.3 is 14.7 Å². The average molecular weight is 322 g/mol. The molecule has 24 heavy (non-hydrogen) atoms. The molecule has 0 amide bonds. The van der Waals surface area contributed by atoms with Crippen LogP contribution in [0.5, 0.6) is 5.75 Å². The van der Waals surface area contributed by atoms with Gasteiger partial charge in [0.2, 0.25) is 0 Å². The average Bonchev–Trinajstić information content (AvgIpc) is 3.10. The van der Waals surface area contributed by atoms with E-state index in [0.29, 0.717) is 11.8 Å². The number of aliphatic hydroxyl groups is 1. The number of nitrogens with zero attached hydrogens (tertiary/aromatic N) is 1. The van der Waals surface area contributed by atoms with E-state index in [-0.39, 0.29) is 0 Å². The molecule has 3 heteroatoms. The third-order valence-corrected chi connectivity index (χ3v) is 5.57. The summed E-state index contributed by atoms with van der Waals surface area (Å²) in [5, 5.41) is 11.0. The second kappa shape index (κ2) is 6.14. The van der Waals surface area contributed by atoms with Gasteiger partial charge in [-0.15, -0.1) is 0 Å². The second-order valence-corrected chi connectivity index (χ2v) is 7.33. The minimum Gasteiger partial charge on any atom is -0.497 e. The minimum absolute atomic E-state index is 0.541. The fourth-order valence-electron chi connectivity index (χ4n) is 4.52. The van der Waals surface area contributed by atoms with E-state index in [9.17, 15) is 5.11 Å². The van der Waals surface area contributed by atoms with E-state index >= 15 is 0 Å². The molecule has 0 bridgehead atoms. The first-order valence-electron chi connectivity index (χ1n) is 8.72. The summed E-state index contributed by atoms with van der Waals surface area (Å²) in [6, 6.07) is 19.6. The molecule has 1 heterocycles. The topological polar surface area (TPSA) is 32.7 Å². The van der Waals surface area contributed by atoms with Gasteiger partial charge in [-0.3, -0.25) is 0 Å². The quantitative estimate of drug-likeness (QED) is 0.937. The lowest BCUT2D eigenvalue weighted by atomic mass is 9.91. The molecule has 1 aliphatic heterocycles. The van der Waals surface area contributed by atoms with E-state index in [2.05, 4.69) is 41.3 Å². The van der Waals surface area contributed by atoms with E-state index < -0.39 is 5.60 Å². The minimum atomic E-state index is -0.541. The number of rotatable bonds is 4. The number of benzene rings is 2. The fourth-order valence-corrected chi connectivity index (χ4v) is 4.52. The summed E-state index contributed by atoms with van der Waals surface area (Å²) in [7, 11) is 1.70. The molecule has 1 aliphatic carbocycles. The normalized spacial score (nSPS) is 28.8. The highest BCUT2D eigenvalue weighted by Crippen LogP contribution is 2.46. The lowest BCUT2D eigenvalue weighted by Crippen LogP contribution is -2.32. The summed E-state index contributed by atoms with van der Waals surface area (Å²) >= 11 is 0. The van der Waals surface area contributed by atoms with Crippen molar-refractivity contribution in [3.05, 3.63) is 60.2 Å². The van der Waals surface area contributed by atoms with E-state index in [1.807, 2.05) is 18.2 Å². The number of fused-ring (bicyclic) bond motifs is 1. The van der Waals surface area contributed by atoms with Gasteiger partial charge in [-0.2, -0.15) is 0 Å². The first-order valence-corrected chi connectivity index (χ1v) is 8.72. The molecule has 1 radical (unpaired) electrons. The van der Waals surface area contributed by atoms with E-state index in [4.69, 9.17) is 4.74 Å². The van der Waals surface area contributed by atoms with Crippen molar-refractivity contribution < 1.29 is 9.84 Å². The Morgan fingerprint density at radius 3 is 2.54 bits per heavy atom. The molecule has 1 N–H and O–H groups in total. The molecule has 3 atom stereocenters. The van der Waals surface area contributed by atoms with Crippen molar-refractivity contribution in [3.63, 3.8) is 0 Å². The Kier molecular flexibility index (Phi) is 3.97. The summed E-state index contributed by atoms with van der Waals surface area (Å²) in [5.74, 6) is 2.01. The lowest BCUT2D eigenvalue weighted by Gasteiger charge is -2.27. The monoisotopic (exact) mass is 322 g/mol. The van der Waals surface area contributed by atoms with Gasteiger partial charge in [-0.05, 0) is 42.4 Å². The van der Waals surface area contributed by atoms with E-state index in [1.54, 1.807) is 7.11 Å². The molecule has 2 aromatic rings. The third-order valence-electron chi connectivity index (χ3n) is 5.57. The number of hydrogen-bond acceptors (Lipinski definition) is 3. The zero-order valence-electron chi connectivity index (χ0n) is 14.1. The van der Waals surface area contributed by atoms with Crippen molar-refractivity contribution in [2.75, 3.05) is 25.1 Å². The van der Waals surface area contributed by atoms with Crippen LogP contribution in [-0.4, -0.2) is 30.9 Å². The van der Waals surface area contributed by atoms with Gasteiger partial charge >= 0.3 is 0 Å². The van der Waals surface area contributed by atoms with Crippen LogP contribution in [0, 0.1) is 17.9 Å². The number of methoxy groups -OCH3 is 1. The van der Waals surface area contributed by atoms with Crippen LogP contribution in [0.1, 0.15) is 18.4 Å². The molecule has 1 saturated carbocycles. The first-order chi connectivity index (χ1) is 11.6. The van der Waals surface area contributed by atoms with Crippen LogP contribution < -0.4 is 9.64 Å². The van der Waals surface area contributed by atoms with Gasteiger partial charge in [0.25, 0.3) is 0 Å². The largest absolute Gasteiger partial charge is 0.497 e.